The van der Waals surface area contributed by atoms with E-state index >= 15 is 0 Å². The fraction of sp³-hybridized carbons (Fsp3) is 0.680. The van der Waals surface area contributed by atoms with Gasteiger partial charge in [0.05, 0.1) is 37.9 Å². The van der Waals surface area contributed by atoms with E-state index in [0.717, 1.165) is 5.56 Å². The van der Waals surface area contributed by atoms with E-state index in [0.29, 0.717) is 6.61 Å². The second-order valence-corrected chi connectivity index (χ2v) is 11.0. The summed E-state index contributed by atoms with van der Waals surface area (Å²) in [5.74, 6) is -0.712. The smallest absolute Gasteiger partial charge is 0.410 e. The van der Waals surface area contributed by atoms with Crippen LogP contribution in [0, 0.1) is 11.2 Å². The zero-order valence-electron chi connectivity index (χ0n) is 21.3. The van der Waals surface area contributed by atoms with Gasteiger partial charge in [0.15, 0.2) is 6.29 Å². The van der Waals surface area contributed by atoms with E-state index in [9.17, 15) is 19.1 Å². The van der Waals surface area contributed by atoms with Crippen LogP contribution in [0.4, 0.5) is 9.18 Å². The highest BCUT2D eigenvalue weighted by molar-refractivity contribution is 5.73. The molecule has 1 aliphatic heterocycles. The summed E-state index contributed by atoms with van der Waals surface area (Å²) in [4.78, 5) is 26.4. The van der Waals surface area contributed by atoms with Crippen molar-refractivity contribution >= 4 is 12.0 Å². The average molecular weight is 483 g/mol. The van der Waals surface area contributed by atoms with Gasteiger partial charge in [0, 0.05) is 6.92 Å². The van der Waals surface area contributed by atoms with E-state index < -0.39 is 36.2 Å². The molecule has 34 heavy (non-hydrogen) atoms. The van der Waals surface area contributed by atoms with Gasteiger partial charge in [-0.1, -0.05) is 32.9 Å². The Bertz CT molecular complexity index is 818. The summed E-state index contributed by atoms with van der Waals surface area (Å²) < 4.78 is 30.6. The van der Waals surface area contributed by atoms with E-state index in [1.54, 1.807) is 32.9 Å². The van der Waals surface area contributed by atoms with Gasteiger partial charge in [0.25, 0.3) is 0 Å². The molecule has 1 aliphatic rings. The Morgan fingerprint density at radius 2 is 1.82 bits per heavy atom. The Morgan fingerprint density at radius 1 is 1.21 bits per heavy atom. The summed E-state index contributed by atoms with van der Waals surface area (Å²) in [6.07, 6.45) is -2.21. The summed E-state index contributed by atoms with van der Waals surface area (Å²) in [6, 6.07) is 4.29. The van der Waals surface area contributed by atoms with E-state index in [2.05, 4.69) is 5.32 Å². The number of benzene rings is 1. The SMILES string of the molecule is CC(=O)N[C@@H](Cc1ccc(F)cc1)[C@H](O)[C@H]1CO[C@@H](OCC(C)(C)C)CN1C(=O)OC(C)(C)C. The molecule has 1 fully saturated rings. The van der Waals surface area contributed by atoms with Crippen LogP contribution in [0.3, 0.4) is 0 Å². The lowest BCUT2D eigenvalue weighted by molar-refractivity contribution is -0.211. The number of aliphatic hydroxyl groups excluding tert-OH is 1. The molecule has 2 N–H and O–H groups in total. The van der Waals surface area contributed by atoms with Crippen molar-refractivity contribution in [3.05, 3.63) is 35.6 Å². The van der Waals surface area contributed by atoms with Gasteiger partial charge in [-0.25, -0.2) is 9.18 Å². The van der Waals surface area contributed by atoms with E-state index in [1.807, 2.05) is 20.8 Å². The lowest BCUT2D eigenvalue weighted by Gasteiger charge is -2.43. The summed E-state index contributed by atoms with van der Waals surface area (Å²) in [5, 5.41) is 14.1. The maximum absolute atomic E-state index is 13.3. The monoisotopic (exact) mass is 482 g/mol. The topological polar surface area (TPSA) is 97.3 Å². The summed E-state index contributed by atoms with van der Waals surface area (Å²) >= 11 is 0. The Balaban J connectivity index is 2.25. The highest BCUT2D eigenvalue weighted by Gasteiger charge is 2.42. The third-order valence-corrected chi connectivity index (χ3v) is 5.09. The van der Waals surface area contributed by atoms with Gasteiger partial charge in [-0.05, 0) is 50.3 Å². The second-order valence-electron chi connectivity index (χ2n) is 11.0. The Kier molecular flexibility index (Phi) is 9.45. The molecule has 1 aromatic rings. The molecule has 192 valence electrons. The molecule has 9 heteroatoms. The molecule has 4 atom stereocenters. The molecule has 0 saturated carbocycles. The predicted octanol–water partition coefficient (Wildman–Crippen LogP) is 3.26. The number of hydrogen-bond donors (Lipinski definition) is 2. The lowest BCUT2D eigenvalue weighted by atomic mass is 9.95. The van der Waals surface area contributed by atoms with E-state index in [-0.39, 0.29) is 36.7 Å². The van der Waals surface area contributed by atoms with Gasteiger partial charge in [-0.15, -0.1) is 0 Å². The molecular weight excluding hydrogens is 443 g/mol. The van der Waals surface area contributed by atoms with Crippen molar-refractivity contribution in [2.75, 3.05) is 19.8 Å². The van der Waals surface area contributed by atoms with E-state index in [4.69, 9.17) is 14.2 Å². The standard InChI is InChI=1S/C25H39FN2O6/c1-16(29)27-19(12-17-8-10-18(26)11-9-17)22(30)20-14-32-21(33-15-24(2,3)4)13-28(20)23(31)34-25(5,6)7/h8-11,19-22,30H,12-15H2,1-7H3,(H,27,29)/t19-,20+,21-,22-/m0/s1. The van der Waals surface area contributed by atoms with Crippen molar-refractivity contribution in [3.63, 3.8) is 0 Å². The number of morpholine rings is 1. The zero-order chi connectivity index (χ0) is 25.7. The van der Waals surface area contributed by atoms with Crippen LogP contribution in [-0.4, -0.2) is 71.8 Å². The van der Waals surface area contributed by atoms with Gasteiger partial charge >= 0.3 is 6.09 Å². The van der Waals surface area contributed by atoms with Crippen molar-refractivity contribution < 1.29 is 33.3 Å². The molecule has 2 amide bonds. The summed E-state index contributed by atoms with van der Waals surface area (Å²) in [5.41, 5.74) is -0.105. The number of ether oxygens (including phenoxy) is 3. The molecule has 8 nitrogen and oxygen atoms in total. The molecule has 1 aromatic carbocycles. The number of amides is 2. The predicted molar refractivity (Wildman–Crippen MR) is 126 cm³/mol. The van der Waals surface area contributed by atoms with Gasteiger partial charge in [0.2, 0.25) is 5.91 Å². The number of aliphatic hydroxyl groups is 1. The fourth-order valence-corrected chi connectivity index (χ4v) is 3.56. The number of rotatable bonds is 7. The minimum atomic E-state index is -1.18. The maximum Gasteiger partial charge on any atom is 0.410 e. The first-order valence-electron chi connectivity index (χ1n) is 11.6. The zero-order valence-corrected chi connectivity index (χ0v) is 21.3. The minimum Gasteiger partial charge on any atom is -0.444 e. The maximum atomic E-state index is 13.3. The normalized spacial score (nSPS) is 21.0. The highest BCUT2D eigenvalue weighted by Crippen LogP contribution is 2.24. The van der Waals surface area contributed by atoms with Crippen molar-refractivity contribution in [1.82, 2.24) is 10.2 Å². The van der Waals surface area contributed by atoms with Crippen LogP contribution in [0.2, 0.25) is 0 Å². The van der Waals surface area contributed by atoms with Gasteiger partial charge in [0.1, 0.15) is 11.4 Å². The number of nitrogens with zero attached hydrogens (tertiary/aromatic N) is 1. The van der Waals surface area contributed by atoms with Crippen LogP contribution < -0.4 is 5.32 Å². The molecule has 0 unspecified atom stereocenters. The third kappa shape index (κ3) is 9.19. The van der Waals surface area contributed by atoms with Crippen molar-refractivity contribution in [2.24, 2.45) is 5.41 Å². The van der Waals surface area contributed by atoms with Crippen LogP contribution in [-0.2, 0) is 25.4 Å². The van der Waals surface area contributed by atoms with Crippen LogP contribution >= 0.6 is 0 Å². The van der Waals surface area contributed by atoms with Gasteiger partial charge < -0.3 is 24.6 Å². The Labute approximate surface area is 201 Å². The molecule has 2 rings (SSSR count). The minimum absolute atomic E-state index is 0.00524. The quantitative estimate of drug-likeness (QED) is 0.619. The molecular formula is C25H39FN2O6. The van der Waals surface area contributed by atoms with Crippen LogP contribution in [0.1, 0.15) is 54.0 Å². The van der Waals surface area contributed by atoms with Crippen molar-refractivity contribution in [1.29, 1.82) is 0 Å². The molecule has 1 saturated heterocycles. The number of halogens is 1. The van der Waals surface area contributed by atoms with E-state index in [1.165, 1.54) is 24.0 Å². The van der Waals surface area contributed by atoms with Gasteiger partial charge in [-0.3, -0.25) is 9.69 Å². The molecule has 0 aromatic heterocycles. The first kappa shape index (κ1) is 28.0. The lowest BCUT2D eigenvalue weighted by Crippen LogP contribution is -2.62. The molecule has 0 bridgehead atoms. The average Bonchev–Trinajstić information content (AvgIpc) is 2.70. The first-order valence-corrected chi connectivity index (χ1v) is 11.6. The largest absolute Gasteiger partial charge is 0.444 e. The Morgan fingerprint density at radius 3 is 2.35 bits per heavy atom. The fourth-order valence-electron chi connectivity index (χ4n) is 3.56. The van der Waals surface area contributed by atoms with Crippen LogP contribution in [0.5, 0.6) is 0 Å². The van der Waals surface area contributed by atoms with Crippen LogP contribution in [0.25, 0.3) is 0 Å². The first-order chi connectivity index (χ1) is 15.6. The van der Waals surface area contributed by atoms with Gasteiger partial charge in [-0.2, -0.15) is 0 Å². The number of hydrogen-bond acceptors (Lipinski definition) is 6. The second kappa shape index (κ2) is 11.5. The molecule has 0 aliphatic carbocycles. The Hall–Kier alpha value is -2.23. The summed E-state index contributed by atoms with van der Waals surface area (Å²) in [6.45, 7) is 13.2. The summed E-state index contributed by atoms with van der Waals surface area (Å²) in [7, 11) is 0. The third-order valence-electron chi connectivity index (χ3n) is 5.09. The number of carbonyl (C=O) groups is 2. The highest BCUT2D eigenvalue weighted by atomic mass is 19.1. The number of carbonyl (C=O) groups excluding carboxylic acids is 2. The molecule has 0 radical (unpaired) electrons. The molecule has 1 heterocycles. The number of nitrogens with one attached hydrogen (secondary N) is 1. The van der Waals surface area contributed by atoms with Crippen molar-refractivity contribution in [3.8, 4) is 0 Å². The van der Waals surface area contributed by atoms with Crippen LogP contribution in [0.15, 0.2) is 24.3 Å². The molecule has 0 spiro atoms. The van der Waals surface area contributed by atoms with Crippen molar-refractivity contribution in [2.45, 2.75) is 85.0 Å².